The summed E-state index contributed by atoms with van der Waals surface area (Å²) >= 11 is 0. The number of fused-ring (bicyclic) bond motifs is 2. The van der Waals surface area contributed by atoms with E-state index in [-0.39, 0.29) is 23.4 Å². The predicted octanol–water partition coefficient (Wildman–Crippen LogP) is 7.92. The van der Waals surface area contributed by atoms with Crippen molar-refractivity contribution in [3.8, 4) is 0 Å². The molecule has 0 saturated heterocycles. The maximum absolute atomic E-state index is 13.2. The number of carbonyl (C=O) groups is 1. The molecule has 43 heavy (non-hydrogen) atoms. The zero-order valence-corrected chi connectivity index (χ0v) is 28.6. The highest BCUT2D eigenvalue weighted by atomic mass is 28.4. The second-order valence-electron chi connectivity index (χ2n) is 14.2. The number of hydrogen-bond donors (Lipinski definition) is 1. The molecule has 1 N–H and O–H groups in total. The molecule has 0 aromatic rings. The van der Waals surface area contributed by atoms with Crippen molar-refractivity contribution in [2.24, 2.45) is 5.92 Å². The van der Waals surface area contributed by atoms with E-state index < -0.39 is 32.6 Å². The van der Waals surface area contributed by atoms with Gasteiger partial charge in [0.25, 0.3) is 0 Å². The van der Waals surface area contributed by atoms with Crippen LogP contribution in [0.2, 0.25) is 18.1 Å². The van der Waals surface area contributed by atoms with E-state index in [1.165, 1.54) is 11.6 Å². The van der Waals surface area contributed by atoms with Crippen molar-refractivity contribution in [1.29, 1.82) is 0 Å². The van der Waals surface area contributed by atoms with Crippen molar-refractivity contribution < 1.29 is 28.5 Å². The van der Waals surface area contributed by atoms with E-state index in [1.54, 1.807) is 6.08 Å². The molecular formula is C36H56O6Si. The van der Waals surface area contributed by atoms with Crippen LogP contribution in [0, 0.1) is 5.92 Å². The summed E-state index contributed by atoms with van der Waals surface area (Å²) in [6.45, 7) is 20.2. The van der Waals surface area contributed by atoms with Crippen LogP contribution in [0.1, 0.15) is 79.6 Å². The fourth-order valence-corrected chi connectivity index (χ4v) is 6.75. The molecule has 0 unspecified atom stereocenters. The predicted molar refractivity (Wildman–Crippen MR) is 177 cm³/mol. The molecular weight excluding hydrogens is 556 g/mol. The minimum atomic E-state index is -2.25. The molecule has 0 amide bonds. The highest BCUT2D eigenvalue weighted by Crippen LogP contribution is 2.38. The van der Waals surface area contributed by atoms with Gasteiger partial charge in [0.05, 0.1) is 31.0 Å². The third kappa shape index (κ3) is 12.1. The van der Waals surface area contributed by atoms with Gasteiger partial charge in [0.1, 0.15) is 12.2 Å². The van der Waals surface area contributed by atoms with Gasteiger partial charge in [-0.2, -0.15) is 0 Å². The smallest absolute Gasteiger partial charge is 0.330 e. The SMILES string of the molecule is C=C1C[C@H](C)C[C@@H]2CC=C[C@@H](CC=CC(=O)O[C@H]([C@H](C=C[C@@H]3CC(C)=CCO3)O[Si](C)(C)C(C)(C)C)CC=C[C@@H](O)C1)O2. The second-order valence-corrected chi connectivity index (χ2v) is 18.9. The molecule has 0 saturated carbocycles. The van der Waals surface area contributed by atoms with Gasteiger partial charge in [0.15, 0.2) is 8.32 Å². The fraction of sp³-hybridized carbons (Fsp3) is 0.639. The first-order valence-corrected chi connectivity index (χ1v) is 19.0. The molecule has 6 nitrogen and oxygen atoms in total. The first kappa shape index (κ1) is 35.4. The average Bonchev–Trinajstić information content (AvgIpc) is 2.89. The third-order valence-corrected chi connectivity index (χ3v) is 13.4. The molecule has 0 fully saturated rings. The molecule has 0 aromatic carbocycles. The lowest BCUT2D eigenvalue weighted by Crippen LogP contribution is -2.47. The first-order valence-electron chi connectivity index (χ1n) is 16.1. The van der Waals surface area contributed by atoms with Crippen LogP contribution in [0.15, 0.2) is 72.4 Å². The molecule has 0 aromatic heterocycles. The quantitative estimate of drug-likeness (QED) is 0.193. The van der Waals surface area contributed by atoms with Gasteiger partial charge < -0.3 is 23.7 Å². The van der Waals surface area contributed by atoms with E-state index in [9.17, 15) is 9.90 Å². The van der Waals surface area contributed by atoms with Crippen LogP contribution in [0.5, 0.6) is 0 Å². The molecule has 2 bridgehead atoms. The van der Waals surface area contributed by atoms with Crippen LogP contribution in [-0.2, 0) is 23.4 Å². The summed E-state index contributed by atoms with van der Waals surface area (Å²) < 4.78 is 25.3. The Bertz CT molecular complexity index is 1080. The largest absolute Gasteiger partial charge is 0.456 e. The van der Waals surface area contributed by atoms with Crippen molar-refractivity contribution in [3.63, 3.8) is 0 Å². The van der Waals surface area contributed by atoms with Crippen molar-refractivity contribution in [2.45, 2.75) is 134 Å². The number of cyclic esters (lactones) is 1. The van der Waals surface area contributed by atoms with Crippen LogP contribution in [0.25, 0.3) is 0 Å². The number of carbonyl (C=O) groups excluding carboxylic acids is 1. The lowest BCUT2D eigenvalue weighted by Gasteiger charge is -2.40. The molecule has 0 aliphatic carbocycles. The lowest BCUT2D eigenvalue weighted by atomic mass is 9.91. The monoisotopic (exact) mass is 612 g/mol. The zero-order valence-electron chi connectivity index (χ0n) is 27.6. The van der Waals surface area contributed by atoms with Crippen LogP contribution < -0.4 is 0 Å². The van der Waals surface area contributed by atoms with E-state index in [0.29, 0.717) is 31.8 Å². The van der Waals surface area contributed by atoms with E-state index >= 15 is 0 Å². The molecule has 3 aliphatic rings. The number of aliphatic hydroxyl groups is 1. The maximum Gasteiger partial charge on any atom is 0.330 e. The summed E-state index contributed by atoms with van der Waals surface area (Å²) in [6, 6.07) is 0. The summed E-state index contributed by atoms with van der Waals surface area (Å²) in [5, 5.41) is 10.8. The Labute approximate surface area is 261 Å². The first-order chi connectivity index (χ1) is 20.2. The summed E-state index contributed by atoms with van der Waals surface area (Å²) in [7, 11) is -2.25. The van der Waals surface area contributed by atoms with Crippen molar-refractivity contribution >= 4 is 14.3 Å². The van der Waals surface area contributed by atoms with Gasteiger partial charge in [0.2, 0.25) is 0 Å². The molecule has 0 spiro atoms. The van der Waals surface area contributed by atoms with Gasteiger partial charge in [-0.1, -0.05) is 94.0 Å². The topological polar surface area (TPSA) is 74.2 Å². The van der Waals surface area contributed by atoms with Crippen LogP contribution in [0.3, 0.4) is 0 Å². The summed E-state index contributed by atoms with van der Waals surface area (Å²) in [5.74, 6) is -0.00889. The van der Waals surface area contributed by atoms with Gasteiger partial charge in [0, 0.05) is 12.5 Å². The van der Waals surface area contributed by atoms with E-state index in [4.69, 9.17) is 18.6 Å². The van der Waals surface area contributed by atoms with Crippen molar-refractivity contribution in [1.82, 2.24) is 0 Å². The summed E-state index contributed by atoms with van der Waals surface area (Å²) in [5.41, 5.74) is 2.32. The second kappa shape index (κ2) is 16.3. The Morgan fingerprint density at radius 3 is 2.56 bits per heavy atom. The molecule has 240 valence electrons. The highest BCUT2D eigenvalue weighted by Gasteiger charge is 2.41. The number of ether oxygens (including phenoxy) is 3. The maximum atomic E-state index is 13.2. The zero-order chi connectivity index (χ0) is 31.6. The number of rotatable bonds is 5. The molecule has 7 heteroatoms. The highest BCUT2D eigenvalue weighted by molar-refractivity contribution is 6.74. The van der Waals surface area contributed by atoms with Crippen molar-refractivity contribution in [2.75, 3.05) is 6.61 Å². The van der Waals surface area contributed by atoms with Gasteiger partial charge in [-0.3, -0.25) is 0 Å². The molecule has 7 atom stereocenters. The van der Waals surface area contributed by atoms with Crippen LogP contribution in [-0.4, -0.2) is 62.6 Å². The molecule has 0 radical (unpaired) electrons. The third-order valence-electron chi connectivity index (χ3n) is 8.92. The van der Waals surface area contributed by atoms with Gasteiger partial charge in [-0.15, -0.1) is 0 Å². The van der Waals surface area contributed by atoms with E-state index in [0.717, 1.165) is 31.3 Å². The standard InChI is InChI=1S/C36H56O6Si/c1-26-20-21-39-31(24-26)18-19-34(42-43(7,8)36(4,5)6)33-16-9-12-29(37)23-27(2)22-28(3)25-32-15-10-13-30(40-32)14-11-17-35(38)41-33/h9-13,17-20,28-34,37H,2,14-16,21-25H2,1,3-8H3/t28-,29+,30-,31+,32-,33-,34-/m0/s1. The van der Waals surface area contributed by atoms with Gasteiger partial charge in [-0.05, 0) is 69.5 Å². The lowest BCUT2D eigenvalue weighted by molar-refractivity contribution is -0.146. The minimum absolute atomic E-state index is 0.0336. The Morgan fingerprint density at radius 1 is 1.09 bits per heavy atom. The Kier molecular flexibility index (Phi) is 13.5. The molecule has 3 heterocycles. The van der Waals surface area contributed by atoms with Crippen LogP contribution >= 0.6 is 0 Å². The number of aliphatic hydroxyl groups excluding tert-OH is 1. The normalized spacial score (nSPS) is 31.3. The van der Waals surface area contributed by atoms with Gasteiger partial charge in [-0.25, -0.2) is 4.79 Å². The minimum Gasteiger partial charge on any atom is -0.456 e. The fourth-order valence-electron chi connectivity index (χ4n) is 5.48. The molecule has 3 aliphatic heterocycles. The summed E-state index contributed by atoms with van der Waals surface area (Å²) in [4.78, 5) is 13.2. The van der Waals surface area contributed by atoms with Gasteiger partial charge >= 0.3 is 5.97 Å². The molecule has 3 rings (SSSR count). The van der Waals surface area contributed by atoms with Crippen LogP contribution in [0.4, 0.5) is 0 Å². The Balaban J connectivity index is 1.89. The number of esters is 1. The Hall–Kier alpha value is -2.03. The van der Waals surface area contributed by atoms with E-state index in [1.807, 2.05) is 18.2 Å². The van der Waals surface area contributed by atoms with Crippen molar-refractivity contribution in [3.05, 3.63) is 72.4 Å². The average molecular weight is 613 g/mol. The number of hydrogen-bond acceptors (Lipinski definition) is 6. The van der Waals surface area contributed by atoms with E-state index in [2.05, 4.69) is 78.6 Å². The summed E-state index contributed by atoms with van der Waals surface area (Å²) in [6.07, 6.45) is 20.8. The Morgan fingerprint density at radius 2 is 1.84 bits per heavy atom.